The molecule has 1 aromatic heterocycles. The zero-order chi connectivity index (χ0) is 21.6. The lowest BCUT2D eigenvalue weighted by molar-refractivity contribution is -0.122. The molecule has 0 unspecified atom stereocenters. The van der Waals surface area contributed by atoms with E-state index in [9.17, 15) is 9.59 Å². The van der Waals surface area contributed by atoms with Crippen LogP contribution in [0.25, 0.3) is 22.0 Å². The van der Waals surface area contributed by atoms with Crippen molar-refractivity contribution in [3.8, 4) is 17.0 Å². The lowest BCUT2D eigenvalue weighted by Gasteiger charge is -2.10. The molecule has 3 aromatic carbocycles. The molecular formula is C25H23N3O3. The number of carbonyl (C=O) groups excluding carboxylic acids is 1. The summed E-state index contributed by atoms with van der Waals surface area (Å²) >= 11 is 0. The molecule has 0 saturated carbocycles. The van der Waals surface area contributed by atoms with Gasteiger partial charge in [0.1, 0.15) is 18.9 Å². The molecular weight excluding hydrogens is 390 g/mol. The van der Waals surface area contributed by atoms with Crippen LogP contribution in [0.3, 0.4) is 0 Å². The Balaban J connectivity index is 1.41. The Bertz CT molecular complexity index is 1260. The number of nitrogens with one attached hydrogen (secondary N) is 1. The Morgan fingerprint density at radius 1 is 0.968 bits per heavy atom. The number of hydrogen-bond donors (Lipinski definition) is 1. The lowest BCUT2D eigenvalue weighted by atomic mass is 10.0. The second kappa shape index (κ2) is 9.26. The topological polar surface area (TPSA) is 73.2 Å². The van der Waals surface area contributed by atoms with Crippen LogP contribution >= 0.6 is 0 Å². The van der Waals surface area contributed by atoms with Crippen molar-refractivity contribution in [2.24, 2.45) is 0 Å². The third-order valence-electron chi connectivity index (χ3n) is 4.94. The van der Waals surface area contributed by atoms with Crippen LogP contribution in [0.15, 0.2) is 83.7 Å². The third kappa shape index (κ3) is 4.98. The molecule has 4 aromatic rings. The highest BCUT2D eigenvalue weighted by Gasteiger charge is 2.10. The highest BCUT2D eigenvalue weighted by Crippen LogP contribution is 2.26. The van der Waals surface area contributed by atoms with Crippen LogP contribution in [0.2, 0.25) is 0 Å². The van der Waals surface area contributed by atoms with E-state index < -0.39 is 0 Å². The van der Waals surface area contributed by atoms with E-state index in [-0.39, 0.29) is 18.0 Å². The summed E-state index contributed by atoms with van der Waals surface area (Å²) in [5, 5.41) is 9.32. The van der Waals surface area contributed by atoms with Crippen LogP contribution in [-0.4, -0.2) is 28.8 Å². The number of amides is 1. The number of ether oxygens (including phenoxy) is 1. The number of hydrogen-bond acceptors (Lipinski definition) is 4. The first-order valence-electron chi connectivity index (χ1n) is 10.1. The van der Waals surface area contributed by atoms with Gasteiger partial charge in [-0.1, -0.05) is 60.2 Å². The van der Waals surface area contributed by atoms with Crippen molar-refractivity contribution in [3.05, 3.63) is 94.8 Å². The Hall–Kier alpha value is -3.93. The summed E-state index contributed by atoms with van der Waals surface area (Å²) in [6, 6.07) is 24.8. The molecule has 6 nitrogen and oxygen atoms in total. The first-order valence-corrected chi connectivity index (χ1v) is 10.1. The van der Waals surface area contributed by atoms with Gasteiger partial charge < -0.3 is 10.1 Å². The smallest absolute Gasteiger partial charge is 0.267 e. The van der Waals surface area contributed by atoms with Crippen molar-refractivity contribution in [2.75, 3.05) is 13.2 Å². The minimum atomic E-state index is -0.324. The largest absolute Gasteiger partial charge is 0.492 e. The summed E-state index contributed by atoms with van der Waals surface area (Å²) in [6.07, 6.45) is 0. The molecule has 156 valence electrons. The lowest BCUT2D eigenvalue weighted by Crippen LogP contribution is -2.35. The van der Waals surface area contributed by atoms with Gasteiger partial charge in [-0.2, -0.15) is 5.10 Å². The first kappa shape index (κ1) is 20.3. The van der Waals surface area contributed by atoms with Gasteiger partial charge in [0, 0.05) is 11.6 Å². The summed E-state index contributed by atoms with van der Waals surface area (Å²) in [4.78, 5) is 24.6. The highest BCUT2D eigenvalue weighted by atomic mass is 16.5. The predicted octanol–water partition coefficient (Wildman–Crippen LogP) is 3.57. The zero-order valence-corrected chi connectivity index (χ0v) is 17.2. The van der Waals surface area contributed by atoms with E-state index in [0.29, 0.717) is 18.8 Å². The molecule has 0 saturated heterocycles. The summed E-state index contributed by atoms with van der Waals surface area (Å²) in [6.45, 7) is 2.54. The van der Waals surface area contributed by atoms with Crippen LogP contribution in [0, 0.1) is 6.92 Å². The molecule has 0 aliphatic carbocycles. The van der Waals surface area contributed by atoms with E-state index in [1.807, 2.05) is 73.7 Å². The maximum atomic E-state index is 12.3. The number of aryl methyl sites for hydroxylation is 1. The maximum Gasteiger partial charge on any atom is 0.267 e. The molecule has 0 aliphatic rings. The molecule has 31 heavy (non-hydrogen) atoms. The average molecular weight is 413 g/mol. The minimum Gasteiger partial charge on any atom is -0.492 e. The fourth-order valence-corrected chi connectivity index (χ4v) is 3.34. The van der Waals surface area contributed by atoms with Gasteiger partial charge in [0.25, 0.3) is 5.56 Å². The molecule has 1 amide bonds. The molecule has 6 heteroatoms. The van der Waals surface area contributed by atoms with Crippen LogP contribution in [-0.2, 0) is 11.3 Å². The quantitative estimate of drug-likeness (QED) is 0.470. The molecule has 0 bridgehead atoms. The fourth-order valence-electron chi connectivity index (χ4n) is 3.34. The maximum absolute atomic E-state index is 12.3. The SMILES string of the molecule is Cc1ccc(OCCNC(=O)Cn2nc(-c3cccc4ccccc34)ccc2=O)cc1. The van der Waals surface area contributed by atoms with Crippen molar-refractivity contribution in [2.45, 2.75) is 13.5 Å². The van der Waals surface area contributed by atoms with Crippen LogP contribution in [0.1, 0.15) is 5.56 Å². The Labute approximate surface area is 180 Å². The Morgan fingerprint density at radius 3 is 2.58 bits per heavy atom. The van der Waals surface area contributed by atoms with Crippen molar-refractivity contribution in [3.63, 3.8) is 0 Å². The molecule has 4 rings (SSSR count). The summed E-state index contributed by atoms with van der Waals surface area (Å²) < 4.78 is 6.79. The normalized spacial score (nSPS) is 10.7. The highest BCUT2D eigenvalue weighted by molar-refractivity contribution is 5.95. The van der Waals surface area contributed by atoms with Crippen molar-refractivity contribution in [1.29, 1.82) is 0 Å². The van der Waals surface area contributed by atoms with E-state index >= 15 is 0 Å². The summed E-state index contributed by atoms with van der Waals surface area (Å²) in [5.74, 6) is 0.456. The number of benzene rings is 3. The van der Waals surface area contributed by atoms with E-state index in [1.165, 1.54) is 10.7 Å². The van der Waals surface area contributed by atoms with E-state index in [1.54, 1.807) is 6.07 Å². The third-order valence-corrected chi connectivity index (χ3v) is 4.94. The average Bonchev–Trinajstić information content (AvgIpc) is 2.79. The molecule has 0 aliphatic heterocycles. The second-order valence-electron chi connectivity index (χ2n) is 7.25. The monoisotopic (exact) mass is 413 g/mol. The number of fused-ring (bicyclic) bond motifs is 1. The van der Waals surface area contributed by atoms with E-state index in [4.69, 9.17) is 4.74 Å². The van der Waals surface area contributed by atoms with E-state index in [0.717, 1.165) is 27.6 Å². The summed E-state index contributed by atoms with van der Waals surface area (Å²) in [7, 11) is 0. The minimum absolute atomic E-state index is 0.151. The van der Waals surface area contributed by atoms with Crippen LogP contribution in [0.5, 0.6) is 5.75 Å². The van der Waals surface area contributed by atoms with Crippen molar-refractivity contribution < 1.29 is 9.53 Å². The number of aromatic nitrogens is 2. The van der Waals surface area contributed by atoms with Crippen molar-refractivity contribution in [1.82, 2.24) is 15.1 Å². The predicted molar refractivity (Wildman–Crippen MR) is 121 cm³/mol. The second-order valence-corrected chi connectivity index (χ2v) is 7.25. The molecule has 0 spiro atoms. The van der Waals surface area contributed by atoms with Crippen LogP contribution in [0.4, 0.5) is 0 Å². The van der Waals surface area contributed by atoms with Crippen LogP contribution < -0.4 is 15.6 Å². The number of nitrogens with zero attached hydrogens (tertiary/aromatic N) is 2. The van der Waals surface area contributed by atoms with Gasteiger partial charge in [-0.05, 0) is 35.9 Å². The molecule has 0 fully saturated rings. The van der Waals surface area contributed by atoms with Crippen molar-refractivity contribution >= 4 is 16.7 Å². The standard InChI is InChI=1S/C25H23N3O3/c1-18-9-11-20(12-10-18)31-16-15-26-24(29)17-28-25(30)14-13-23(27-28)22-8-4-6-19-5-2-3-7-21(19)22/h2-14H,15-17H2,1H3,(H,26,29). The molecule has 1 N–H and O–H groups in total. The number of carbonyl (C=O) groups is 1. The van der Waals surface area contributed by atoms with Gasteiger partial charge >= 0.3 is 0 Å². The molecule has 0 radical (unpaired) electrons. The Morgan fingerprint density at radius 2 is 1.74 bits per heavy atom. The van der Waals surface area contributed by atoms with Gasteiger partial charge in [-0.3, -0.25) is 9.59 Å². The van der Waals surface area contributed by atoms with E-state index in [2.05, 4.69) is 10.4 Å². The molecule has 1 heterocycles. The number of rotatable bonds is 7. The van der Waals surface area contributed by atoms with Gasteiger partial charge in [-0.25, -0.2) is 4.68 Å². The Kier molecular flexibility index (Phi) is 6.08. The molecule has 0 atom stereocenters. The summed E-state index contributed by atoms with van der Waals surface area (Å²) in [5.41, 5.74) is 2.39. The van der Waals surface area contributed by atoms with Gasteiger partial charge in [0.15, 0.2) is 0 Å². The first-order chi connectivity index (χ1) is 15.1. The zero-order valence-electron chi connectivity index (χ0n) is 17.2. The van der Waals surface area contributed by atoms with Gasteiger partial charge in [-0.15, -0.1) is 0 Å². The van der Waals surface area contributed by atoms with Gasteiger partial charge in [0.2, 0.25) is 5.91 Å². The fraction of sp³-hybridized carbons (Fsp3) is 0.160. The van der Waals surface area contributed by atoms with Gasteiger partial charge in [0.05, 0.1) is 12.2 Å².